The minimum absolute atomic E-state index is 0.507. The van der Waals surface area contributed by atoms with Gasteiger partial charge in [0.2, 0.25) is 0 Å². The Bertz CT molecular complexity index is 533. The number of halogens is 2. The van der Waals surface area contributed by atoms with E-state index in [0.29, 0.717) is 27.1 Å². The minimum atomic E-state index is -0.601. The molecule has 0 aromatic heterocycles. The summed E-state index contributed by atoms with van der Waals surface area (Å²) in [5, 5.41) is 10.7. The molecule has 18 heavy (non-hydrogen) atoms. The van der Waals surface area contributed by atoms with Crippen LogP contribution in [-0.4, -0.2) is 5.11 Å². The Labute approximate surface area is 116 Å². The summed E-state index contributed by atoms with van der Waals surface area (Å²) in [5.74, 6) is 1.13. The van der Waals surface area contributed by atoms with Crippen molar-refractivity contribution in [3.8, 4) is 11.5 Å². The van der Waals surface area contributed by atoms with Gasteiger partial charge < -0.3 is 9.84 Å². The smallest absolute Gasteiger partial charge is 0.133 e. The normalized spacial score (nSPS) is 12.2. The fraction of sp³-hybridized carbons (Fsp3) is 0.143. The maximum absolute atomic E-state index is 9.66. The van der Waals surface area contributed by atoms with Gasteiger partial charge in [-0.1, -0.05) is 41.4 Å². The first-order valence-electron chi connectivity index (χ1n) is 5.47. The molecule has 94 valence electrons. The van der Waals surface area contributed by atoms with Crippen LogP contribution in [0.1, 0.15) is 18.6 Å². The number of hydrogen-bond acceptors (Lipinski definition) is 2. The molecule has 1 N–H and O–H groups in total. The van der Waals surface area contributed by atoms with Gasteiger partial charge in [0.15, 0.2) is 0 Å². The van der Waals surface area contributed by atoms with Crippen LogP contribution in [0.25, 0.3) is 0 Å². The van der Waals surface area contributed by atoms with Gasteiger partial charge in [-0.05, 0) is 31.2 Å². The SMILES string of the molecule is C[C@@H](O)c1ccccc1Oc1cc(Cl)cc(Cl)c1. The molecular weight excluding hydrogens is 271 g/mol. The fourth-order valence-corrected chi connectivity index (χ4v) is 2.14. The number of benzene rings is 2. The number of ether oxygens (including phenoxy) is 1. The van der Waals surface area contributed by atoms with E-state index in [2.05, 4.69) is 0 Å². The third-order valence-electron chi connectivity index (χ3n) is 2.43. The molecule has 0 amide bonds. The maximum atomic E-state index is 9.66. The van der Waals surface area contributed by atoms with E-state index in [1.807, 2.05) is 18.2 Å². The molecule has 0 fully saturated rings. The molecule has 0 unspecified atom stereocenters. The fourth-order valence-electron chi connectivity index (χ4n) is 1.63. The molecule has 0 aliphatic heterocycles. The van der Waals surface area contributed by atoms with Crippen molar-refractivity contribution in [1.29, 1.82) is 0 Å². The van der Waals surface area contributed by atoms with E-state index in [9.17, 15) is 5.11 Å². The zero-order valence-corrected chi connectivity index (χ0v) is 11.2. The first kappa shape index (κ1) is 13.2. The van der Waals surface area contributed by atoms with Gasteiger partial charge in [0.25, 0.3) is 0 Å². The zero-order valence-electron chi connectivity index (χ0n) is 9.73. The average Bonchev–Trinajstić information content (AvgIpc) is 2.27. The summed E-state index contributed by atoms with van der Waals surface area (Å²) in [5.41, 5.74) is 0.716. The molecule has 0 aliphatic rings. The number of aliphatic hydroxyl groups is 1. The van der Waals surface area contributed by atoms with Crippen molar-refractivity contribution in [3.63, 3.8) is 0 Å². The van der Waals surface area contributed by atoms with E-state index in [1.165, 1.54) is 0 Å². The van der Waals surface area contributed by atoms with E-state index >= 15 is 0 Å². The quantitative estimate of drug-likeness (QED) is 0.873. The Morgan fingerprint density at radius 1 is 1.06 bits per heavy atom. The summed E-state index contributed by atoms with van der Waals surface area (Å²) in [7, 11) is 0. The molecule has 0 bridgehead atoms. The topological polar surface area (TPSA) is 29.5 Å². The van der Waals surface area contributed by atoms with E-state index in [0.717, 1.165) is 0 Å². The predicted molar refractivity (Wildman–Crippen MR) is 73.6 cm³/mol. The Balaban J connectivity index is 2.34. The van der Waals surface area contributed by atoms with Crippen molar-refractivity contribution in [2.45, 2.75) is 13.0 Å². The van der Waals surface area contributed by atoms with Crippen molar-refractivity contribution in [2.75, 3.05) is 0 Å². The van der Waals surface area contributed by atoms with Crippen molar-refractivity contribution < 1.29 is 9.84 Å². The van der Waals surface area contributed by atoms with Gasteiger partial charge in [-0.15, -0.1) is 0 Å². The third kappa shape index (κ3) is 3.16. The Kier molecular flexibility index (Phi) is 4.12. The second-order valence-corrected chi connectivity index (χ2v) is 4.79. The Morgan fingerprint density at radius 3 is 2.28 bits per heavy atom. The van der Waals surface area contributed by atoms with E-state index < -0.39 is 6.10 Å². The summed E-state index contributed by atoms with van der Waals surface area (Å²) >= 11 is 11.8. The van der Waals surface area contributed by atoms with Crippen LogP contribution in [-0.2, 0) is 0 Å². The molecule has 0 saturated carbocycles. The summed E-state index contributed by atoms with van der Waals surface area (Å²) in [6.07, 6.45) is -0.601. The first-order chi connectivity index (χ1) is 8.56. The zero-order chi connectivity index (χ0) is 13.1. The molecule has 0 spiro atoms. The lowest BCUT2D eigenvalue weighted by molar-refractivity contribution is 0.195. The predicted octanol–water partition coefficient (Wildman–Crippen LogP) is 4.84. The van der Waals surface area contributed by atoms with Crippen LogP contribution in [0, 0.1) is 0 Å². The second-order valence-electron chi connectivity index (χ2n) is 3.92. The van der Waals surface area contributed by atoms with Crippen LogP contribution in [0.5, 0.6) is 11.5 Å². The summed E-state index contributed by atoms with van der Waals surface area (Å²) in [4.78, 5) is 0. The van der Waals surface area contributed by atoms with Gasteiger partial charge in [-0.25, -0.2) is 0 Å². The van der Waals surface area contributed by atoms with Crippen molar-refractivity contribution in [2.24, 2.45) is 0 Å². The van der Waals surface area contributed by atoms with Crippen LogP contribution in [0.4, 0.5) is 0 Å². The largest absolute Gasteiger partial charge is 0.457 e. The van der Waals surface area contributed by atoms with E-state index in [4.69, 9.17) is 27.9 Å². The number of rotatable bonds is 3. The van der Waals surface area contributed by atoms with Gasteiger partial charge in [-0.2, -0.15) is 0 Å². The lowest BCUT2D eigenvalue weighted by Crippen LogP contribution is -1.95. The monoisotopic (exact) mass is 282 g/mol. The molecular formula is C14H12Cl2O2. The Hall–Kier alpha value is -1.22. The van der Waals surface area contributed by atoms with Crippen LogP contribution >= 0.6 is 23.2 Å². The van der Waals surface area contributed by atoms with Gasteiger partial charge in [0.05, 0.1) is 6.10 Å². The first-order valence-corrected chi connectivity index (χ1v) is 6.23. The van der Waals surface area contributed by atoms with Crippen molar-refractivity contribution >= 4 is 23.2 Å². The highest BCUT2D eigenvalue weighted by Crippen LogP contribution is 2.32. The van der Waals surface area contributed by atoms with Crippen LogP contribution in [0.2, 0.25) is 10.0 Å². The summed E-state index contributed by atoms with van der Waals surface area (Å²) in [6, 6.07) is 12.3. The van der Waals surface area contributed by atoms with Crippen molar-refractivity contribution in [3.05, 3.63) is 58.1 Å². The van der Waals surface area contributed by atoms with Crippen LogP contribution < -0.4 is 4.74 Å². The lowest BCUT2D eigenvalue weighted by atomic mass is 10.1. The Morgan fingerprint density at radius 2 is 1.67 bits per heavy atom. The van der Waals surface area contributed by atoms with Gasteiger partial charge in [0.1, 0.15) is 11.5 Å². The molecule has 0 saturated heterocycles. The van der Waals surface area contributed by atoms with Crippen LogP contribution in [0.3, 0.4) is 0 Å². The highest BCUT2D eigenvalue weighted by Gasteiger charge is 2.09. The maximum Gasteiger partial charge on any atom is 0.133 e. The van der Waals surface area contributed by atoms with E-state index in [1.54, 1.807) is 31.2 Å². The highest BCUT2D eigenvalue weighted by atomic mass is 35.5. The highest BCUT2D eigenvalue weighted by molar-refractivity contribution is 6.34. The number of aliphatic hydroxyl groups excluding tert-OH is 1. The summed E-state index contributed by atoms with van der Waals surface area (Å²) in [6.45, 7) is 1.69. The molecule has 0 radical (unpaired) electrons. The van der Waals surface area contributed by atoms with Crippen LogP contribution in [0.15, 0.2) is 42.5 Å². The molecule has 0 heterocycles. The molecule has 2 aromatic carbocycles. The third-order valence-corrected chi connectivity index (χ3v) is 2.87. The van der Waals surface area contributed by atoms with Gasteiger partial charge in [-0.3, -0.25) is 0 Å². The second kappa shape index (κ2) is 5.61. The molecule has 1 atom stereocenters. The van der Waals surface area contributed by atoms with Gasteiger partial charge >= 0.3 is 0 Å². The number of hydrogen-bond donors (Lipinski definition) is 1. The number of para-hydroxylation sites is 1. The molecule has 2 aromatic rings. The molecule has 4 heteroatoms. The summed E-state index contributed by atoms with van der Waals surface area (Å²) < 4.78 is 5.70. The molecule has 2 nitrogen and oxygen atoms in total. The molecule has 2 rings (SSSR count). The minimum Gasteiger partial charge on any atom is -0.457 e. The van der Waals surface area contributed by atoms with Crippen molar-refractivity contribution in [1.82, 2.24) is 0 Å². The average molecular weight is 283 g/mol. The lowest BCUT2D eigenvalue weighted by Gasteiger charge is -2.13. The van der Waals surface area contributed by atoms with Gasteiger partial charge in [0, 0.05) is 15.6 Å². The molecule has 0 aliphatic carbocycles. The van der Waals surface area contributed by atoms with E-state index in [-0.39, 0.29) is 0 Å². The standard InChI is InChI=1S/C14H12Cl2O2/c1-9(17)13-4-2-3-5-14(13)18-12-7-10(15)6-11(16)8-12/h2-9,17H,1H3/t9-/m1/s1.